The van der Waals surface area contributed by atoms with Crippen LogP contribution in [-0.4, -0.2) is 18.4 Å². The molecule has 0 spiro atoms. The Morgan fingerprint density at radius 2 is 1.85 bits per heavy atom. The lowest BCUT2D eigenvalue weighted by Crippen LogP contribution is -3.00. The third-order valence-corrected chi connectivity index (χ3v) is 1.68. The van der Waals surface area contributed by atoms with Crippen LogP contribution in [0.1, 0.15) is 19.8 Å². The first-order chi connectivity index (χ1) is 5.70. The zero-order valence-electron chi connectivity index (χ0n) is 8.13. The fourth-order valence-electron chi connectivity index (χ4n) is 1.05. The highest BCUT2D eigenvalue weighted by Gasteiger charge is 2.07. The summed E-state index contributed by atoms with van der Waals surface area (Å²) in [4.78, 5) is 10.7. The monoisotopic (exact) mass is 203 g/mol. The maximum Gasteiger partial charge on any atom is 0.183 e. The molecule has 0 unspecified atom stereocenters. The molecule has 0 aliphatic carbocycles. The smallest absolute Gasteiger partial charge is 0.183 e. The van der Waals surface area contributed by atoms with Crippen LogP contribution in [0.4, 0.5) is 0 Å². The molecule has 0 fully saturated rings. The van der Waals surface area contributed by atoms with Gasteiger partial charge >= 0.3 is 0 Å². The highest BCUT2D eigenvalue weighted by molar-refractivity contribution is 5.76. The van der Waals surface area contributed by atoms with Crippen LogP contribution >= 0.6 is 0 Å². The number of carbonyl (C=O) groups excluding carboxylic acids is 1. The molecule has 0 amide bonds. The average molecular weight is 204 g/mol. The van der Waals surface area contributed by atoms with E-state index in [0.717, 1.165) is 12.8 Å². The number of carbonyl (C=O) groups is 1. The zero-order valence-corrected chi connectivity index (χ0v) is 8.89. The molecule has 0 radical (unpaired) electrons. The molecule has 2 nitrogen and oxygen atoms in total. The lowest BCUT2D eigenvalue weighted by molar-refractivity contribution is -0.677. The van der Waals surface area contributed by atoms with Gasteiger partial charge in [-0.3, -0.25) is 4.79 Å². The third-order valence-electron chi connectivity index (χ3n) is 1.68. The lowest BCUT2D eigenvalue weighted by atomic mass is 10.1. The van der Waals surface area contributed by atoms with Gasteiger partial charge in [0.25, 0.3) is 0 Å². The van der Waals surface area contributed by atoms with E-state index in [4.69, 9.17) is 0 Å². The van der Waals surface area contributed by atoms with Crippen molar-refractivity contribution < 1.29 is 22.5 Å². The van der Waals surface area contributed by atoms with Gasteiger partial charge in [-0.05, 0) is 0 Å². The van der Waals surface area contributed by atoms with E-state index in [-0.39, 0.29) is 18.2 Å². The molecule has 0 atom stereocenters. The lowest BCUT2D eigenvalue weighted by Gasteiger charge is -2.09. The van der Waals surface area contributed by atoms with Gasteiger partial charge in [-0.1, -0.05) is 12.2 Å². The molecule has 13 heavy (non-hydrogen) atoms. The van der Waals surface area contributed by atoms with Crippen molar-refractivity contribution in [3.8, 4) is 0 Å². The molecule has 0 aliphatic rings. The molecule has 76 valence electrons. The highest BCUT2D eigenvalue weighted by atomic mass is 35.5. The fraction of sp³-hybridized carbons (Fsp3) is 0.500. The average Bonchev–Trinajstić information content (AvgIpc) is 2.01. The van der Waals surface area contributed by atoms with E-state index < -0.39 is 0 Å². The van der Waals surface area contributed by atoms with Crippen molar-refractivity contribution in [2.75, 3.05) is 6.54 Å². The van der Waals surface area contributed by atoms with Crippen molar-refractivity contribution in [2.24, 2.45) is 0 Å². The molecule has 0 saturated carbocycles. The molecule has 0 aromatic heterocycles. The summed E-state index contributed by atoms with van der Waals surface area (Å²) in [7, 11) is 0. The number of halogens is 1. The molecule has 0 bridgehead atoms. The normalized spacial score (nSPS) is 9.08. The Kier molecular flexibility index (Phi) is 10.9. The van der Waals surface area contributed by atoms with E-state index in [9.17, 15) is 4.79 Å². The van der Waals surface area contributed by atoms with Gasteiger partial charge in [0.1, 0.15) is 6.54 Å². The number of quaternary nitrogens is 1. The Balaban J connectivity index is 0. The molecule has 3 heteroatoms. The van der Waals surface area contributed by atoms with E-state index in [1.165, 1.54) is 0 Å². The molecule has 0 heterocycles. The van der Waals surface area contributed by atoms with Gasteiger partial charge < -0.3 is 17.7 Å². The minimum absolute atomic E-state index is 0. The first-order valence-corrected chi connectivity index (χ1v) is 4.25. The van der Waals surface area contributed by atoms with Crippen LogP contribution in [0.25, 0.3) is 0 Å². The van der Waals surface area contributed by atoms with Crippen molar-refractivity contribution >= 4 is 5.78 Å². The van der Waals surface area contributed by atoms with Gasteiger partial charge in [-0.25, -0.2) is 0 Å². The standard InChI is InChI=1S/C10H17NO.ClH/c1-4-6-10(7-5-2)11-8-9(3)12;/h4-5,10-11H,1-2,6-8H2,3H3;1H. The van der Waals surface area contributed by atoms with Crippen LogP contribution < -0.4 is 17.7 Å². The van der Waals surface area contributed by atoms with Crippen LogP contribution in [0.5, 0.6) is 0 Å². The number of Topliss-reactive ketones (excluding diaryl/α,β-unsaturated/α-hetero) is 1. The van der Waals surface area contributed by atoms with Crippen LogP contribution in [0.2, 0.25) is 0 Å². The maximum absolute atomic E-state index is 10.7. The van der Waals surface area contributed by atoms with Crippen molar-refractivity contribution in [1.82, 2.24) is 0 Å². The van der Waals surface area contributed by atoms with E-state index in [1.54, 1.807) is 6.92 Å². The van der Waals surface area contributed by atoms with Gasteiger partial charge in [-0.15, -0.1) is 13.2 Å². The zero-order chi connectivity index (χ0) is 9.40. The van der Waals surface area contributed by atoms with Crippen LogP contribution in [-0.2, 0) is 4.79 Å². The second-order valence-electron chi connectivity index (χ2n) is 2.95. The molecular weight excluding hydrogens is 186 g/mol. The summed E-state index contributed by atoms with van der Waals surface area (Å²) < 4.78 is 0. The number of hydrogen-bond acceptors (Lipinski definition) is 1. The van der Waals surface area contributed by atoms with E-state index in [1.807, 2.05) is 17.5 Å². The van der Waals surface area contributed by atoms with Crippen molar-refractivity contribution in [3.63, 3.8) is 0 Å². The number of nitrogens with two attached hydrogens (primary N) is 1. The van der Waals surface area contributed by atoms with Gasteiger partial charge in [0.05, 0.1) is 6.04 Å². The van der Waals surface area contributed by atoms with Crippen molar-refractivity contribution in [2.45, 2.75) is 25.8 Å². The Morgan fingerprint density at radius 1 is 1.38 bits per heavy atom. The van der Waals surface area contributed by atoms with Gasteiger partial charge in [0, 0.05) is 19.8 Å². The summed E-state index contributed by atoms with van der Waals surface area (Å²) in [6.07, 6.45) is 5.62. The van der Waals surface area contributed by atoms with Crippen molar-refractivity contribution in [1.29, 1.82) is 0 Å². The summed E-state index contributed by atoms with van der Waals surface area (Å²) in [5.74, 6) is 0.216. The summed E-state index contributed by atoms with van der Waals surface area (Å²) in [6, 6.07) is 0.434. The first kappa shape index (κ1) is 14.9. The molecule has 0 saturated heterocycles. The predicted molar refractivity (Wildman–Crippen MR) is 50.9 cm³/mol. The first-order valence-electron chi connectivity index (χ1n) is 4.25. The summed E-state index contributed by atoms with van der Waals surface area (Å²) in [5, 5.41) is 2.05. The molecule has 0 rings (SSSR count). The number of hydrogen-bond donors (Lipinski definition) is 1. The number of rotatable bonds is 7. The van der Waals surface area contributed by atoms with Crippen molar-refractivity contribution in [3.05, 3.63) is 25.3 Å². The molecular formula is C10H18ClNO. The topological polar surface area (TPSA) is 33.7 Å². The minimum atomic E-state index is 0. The fourth-order valence-corrected chi connectivity index (χ4v) is 1.05. The van der Waals surface area contributed by atoms with Gasteiger partial charge in [0.15, 0.2) is 5.78 Å². The molecule has 0 aromatic rings. The van der Waals surface area contributed by atoms with E-state index in [2.05, 4.69) is 13.2 Å². The van der Waals surface area contributed by atoms with Gasteiger partial charge in [0.2, 0.25) is 0 Å². The summed E-state index contributed by atoms with van der Waals surface area (Å²) in [6.45, 7) is 9.51. The summed E-state index contributed by atoms with van der Waals surface area (Å²) in [5.41, 5.74) is 0. The minimum Gasteiger partial charge on any atom is -1.00 e. The Labute approximate surface area is 86.5 Å². The van der Waals surface area contributed by atoms with Gasteiger partial charge in [-0.2, -0.15) is 0 Å². The Bertz CT molecular complexity index is 158. The maximum atomic E-state index is 10.7. The van der Waals surface area contributed by atoms with Crippen LogP contribution in [0.15, 0.2) is 25.3 Å². The highest BCUT2D eigenvalue weighted by Crippen LogP contribution is 1.93. The Hall–Kier alpha value is -0.600. The largest absolute Gasteiger partial charge is 1.00 e. The molecule has 0 aromatic carbocycles. The van der Waals surface area contributed by atoms with E-state index >= 15 is 0 Å². The SMILES string of the molecule is C=CCC(CC=C)[NH2+]CC(C)=O.[Cl-]. The third kappa shape index (κ3) is 9.31. The summed E-state index contributed by atoms with van der Waals surface area (Å²) >= 11 is 0. The van der Waals surface area contributed by atoms with Crippen LogP contribution in [0.3, 0.4) is 0 Å². The Morgan fingerprint density at radius 3 is 2.15 bits per heavy atom. The quantitative estimate of drug-likeness (QED) is 0.463. The predicted octanol–water partition coefficient (Wildman–Crippen LogP) is -2.34. The second kappa shape index (κ2) is 9.49. The number of ketones is 1. The second-order valence-corrected chi connectivity index (χ2v) is 2.95. The molecule has 0 aliphatic heterocycles. The van der Waals surface area contributed by atoms with Crippen LogP contribution in [0, 0.1) is 0 Å². The van der Waals surface area contributed by atoms with E-state index in [0.29, 0.717) is 12.6 Å². The molecule has 2 N–H and O–H groups in total.